The maximum absolute atomic E-state index is 10.7. The van der Waals surface area contributed by atoms with E-state index in [9.17, 15) is 4.79 Å². The first kappa shape index (κ1) is 13.4. The first-order valence-corrected chi connectivity index (χ1v) is 6.52. The molecule has 0 aliphatic carbocycles. The smallest absolute Gasteiger partial charge is 0.151 e. The van der Waals surface area contributed by atoms with Crippen molar-refractivity contribution in [3.05, 3.63) is 56.5 Å². The van der Waals surface area contributed by atoms with Crippen LogP contribution in [0, 0.1) is 0 Å². The molecule has 0 amide bonds. The van der Waals surface area contributed by atoms with Gasteiger partial charge in [-0.15, -0.1) is 0 Å². The van der Waals surface area contributed by atoms with E-state index in [2.05, 4.69) is 15.9 Å². The second kappa shape index (κ2) is 5.74. The van der Waals surface area contributed by atoms with Crippen molar-refractivity contribution in [1.29, 1.82) is 0 Å². The molecule has 0 heterocycles. The van der Waals surface area contributed by atoms with Gasteiger partial charge in [-0.05, 0) is 52.3 Å². The second-order valence-electron chi connectivity index (χ2n) is 3.48. The van der Waals surface area contributed by atoms with Gasteiger partial charge in [0.25, 0.3) is 0 Å². The van der Waals surface area contributed by atoms with E-state index in [0.29, 0.717) is 31.6 Å². The predicted molar refractivity (Wildman–Crippen MR) is 76.1 cm³/mol. The van der Waals surface area contributed by atoms with Crippen molar-refractivity contribution >= 4 is 45.4 Å². The SMILES string of the molecule is O=Cc1ccc(Oc2ccc(Cl)cc2Cl)cc1Br. The monoisotopic (exact) mass is 344 g/mol. The Morgan fingerprint density at radius 3 is 2.50 bits per heavy atom. The maximum atomic E-state index is 10.7. The lowest BCUT2D eigenvalue weighted by Gasteiger charge is -2.08. The molecular weight excluding hydrogens is 339 g/mol. The first-order valence-electron chi connectivity index (χ1n) is 4.98. The van der Waals surface area contributed by atoms with E-state index >= 15 is 0 Å². The van der Waals surface area contributed by atoms with Crippen molar-refractivity contribution in [3.63, 3.8) is 0 Å². The van der Waals surface area contributed by atoms with Crippen molar-refractivity contribution in [2.45, 2.75) is 0 Å². The first-order chi connectivity index (χ1) is 8.60. The normalized spacial score (nSPS) is 10.2. The number of benzene rings is 2. The molecule has 0 saturated carbocycles. The van der Waals surface area contributed by atoms with Crippen LogP contribution < -0.4 is 4.74 Å². The Labute approximate surface area is 123 Å². The van der Waals surface area contributed by atoms with Gasteiger partial charge in [-0.25, -0.2) is 0 Å². The Morgan fingerprint density at radius 2 is 1.89 bits per heavy atom. The van der Waals surface area contributed by atoms with Crippen LogP contribution in [0.1, 0.15) is 10.4 Å². The molecule has 0 aliphatic rings. The summed E-state index contributed by atoms with van der Waals surface area (Å²) in [5.41, 5.74) is 0.560. The van der Waals surface area contributed by atoms with Crippen molar-refractivity contribution in [3.8, 4) is 11.5 Å². The van der Waals surface area contributed by atoms with Crippen LogP contribution in [0.3, 0.4) is 0 Å². The Kier molecular flexibility index (Phi) is 4.27. The number of hydrogen-bond acceptors (Lipinski definition) is 2. The summed E-state index contributed by atoms with van der Waals surface area (Å²) in [6, 6.07) is 10.0. The van der Waals surface area contributed by atoms with Gasteiger partial charge in [-0.1, -0.05) is 23.2 Å². The van der Waals surface area contributed by atoms with Crippen LogP contribution >= 0.6 is 39.1 Å². The van der Waals surface area contributed by atoms with Crippen molar-refractivity contribution in [1.82, 2.24) is 0 Å². The van der Waals surface area contributed by atoms with Crippen LogP contribution in [0.5, 0.6) is 11.5 Å². The zero-order valence-electron chi connectivity index (χ0n) is 8.99. The van der Waals surface area contributed by atoms with Crippen LogP contribution in [0.15, 0.2) is 40.9 Å². The van der Waals surface area contributed by atoms with Crippen LogP contribution in [0.2, 0.25) is 10.0 Å². The van der Waals surface area contributed by atoms with E-state index in [1.165, 1.54) is 0 Å². The fourth-order valence-corrected chi connectivity index (χ4v) is 2.25. The number of aldehydes is 1. The molecule has 2 aromatic carbocycles. The summed E-state index contributed by atoms with van der Waals surface area (Å²) in [6.45, 7) is 0. The minimum Gasteiger partial charge on any atom is -0.456 e. The fourth-order valence-electron chi connectivity index (χ4n) is 1.35. The van der Waals surface area contributed by atoms with Crippen molar-refractivity contribution in [2.75, 3.05) is 0 Å². The van der Waals surface area contributed by atoms with Gasteiger partial charge < -0.3 is 4.74 Å². The van der Waals surface area contributed by atoms with Crippen molar-refractivity contribution in [2.24, 2.45) is 0 Å². The fraction of sp³-hybridized carbons (Fsp3) is 0. The number of carbonyl (C=O) groups excluding carboxylic acids is 1. The van der Waals surface area contributed by atoms with Crippen molar-refractivity contribution < 1.29 is 9.53 Å². The molecule has 0 radical (unpaired) electrons. The van der Waals surface area contributed by atoms with E-state index < -0.39 is 0 Å². The third kappa shape index (κ3) is 3.05. The molecule has 92 valence electrons. The highest BCUT2D eigenvalue weighted by Crippen LogP contribution is 2.32. The molecular formula is C13H7BrCl2O2. The van der Waals surface area contributed by atoms with Crippen LogP contribution in [0.25, 0.3) is 0 Å². The minimum absolute atomic E-state index is 0.429. The van der Waals surface area contributed by atoms with Gasteiger partial charge in [0, 0.05) is 15.1 Å². The lowest BCUT2D eigenvalue weighted by molar-refractivity contribution is 0.112. The number of rotatable bonds is 3. The molecule has 0 unspecified atom stereocenters. The summed E-state index contributed by atoms with van der Waals surface area (Å²) in [5, 5.41) is 0.975. The summed E-state index contributed by atoms with van der Waals surface area (Å²) < 4.78 is 6.27. The number of hydrogen-bond donors (Lipinski definition) is 0. The number of halogens is 3. The lowest BCUT2D eigenvalue weighted by atomic mass is 10.2. The molecule has 0 fully saturated rings. The lowest BCUT2D eigenvalue weighted by Crippen LogP contribution is -1.88. The number of carbonyl (C=O) groups is 1. The van der Waals surface area contributed by atoms with Gasteiger partial charge in [0.2, 0.25) is 0 Å². The standard InChI is InChI=1S/C13H7BrCl2O2/c14-11-6-10(3-1-8(11)7-17)18-13-4-2-9(15)5-12(13)16/h1-7H. The highest BCUT2D eigenvalue weighted by Gasteiger charge is 2.06. The van der Waals surface area contributed by atoms with E-state index in [1.807, 2.05) is 0 Å². The molecule has 2 rings (SSSR count). The molecule has 18 heavy (non-hydrogen) atoms. The summed E-state index contributed by atoms with van der Waals surface area (Å²) in [7, 11) is 0. The second-order valence-corrected chi connectivity index (χ2v) is 5.18. The van der Waals surface area contributed by atoms with E-state index in [1.54, 1.807) is 36.4 Å². The largest absolute Gasteiger partial charge is 0.456 e. The minimum atomic E-state index is 0.429. The quantitative estimate of drug-likeness (QED) is 0.700. The van der Waals surface area contributed by atoms with Crippen LogP contribution in [-0.2, 0) is 0 Å². The molecule has 0 spiro atoms. The molecule has 0 aliphatic heterocycles. The van der Waals surface area contributed by atoms with Gasteiger partial charge in [0.1, 0.15) is 11.5 Å². The summed E-state index contributed by atoms with van der Waals surface area (Å²) in [5.74, 6) is 1.09. The summed E-state index contributed by atoms with van der Waals surface area (Å²) in [6.07, 6.45) is 0.767. The van der Waals surface area contributed by atoms with Crippen LogP contribution in [0.4, 0.5) is 0 Å². The molecule has 0 saturated heterocycles. The van der Waals surface area contributed by atoms with E-state index in [0.717, 1.165) is 6.29 Å². The molecule has 0 atom stereocenters. The molecule has 0 N–H and O–H groups in total. The summed E-state index contributed by atoms with van der Waals surface area (Å²) >= 11 is 15.1. The molecule has 5 heteroatoms. The highest BCUT2D eigenvalue weighted by atomic mass is 79.9. The zero-order valence-corrected chi connectivity index (χ0v) is 12.1. The third-order valence-corrected chi connectivity index (χ3v) is 3.44. The Balaban J connectivity index is 2.28. The molecule has 0 bridgehead atoms. The van der Waals surface area contributed by atoms with Crippen LogP contribution in [-0.4, -0.2) is 6.29 Å². The van der Waals surface area contributed by atoms with Gasteiger partial charge >= 0.3 is 0 Å². The van der Waals surface area contributed by atoms with Gasteiger partial charge in [0.15, 0.2) is 6.29 Å². The highest BCUT2D eigenvalue weighted by molar-refractivity contribution is 9.10. The predicted octanol–water partition coefficient (Wildman–Crippen LogP) is 5.36. The van der Waals surface area contributed by atoms with E-state index in [4.69, 9.17) is 27.9 Å². The average Bonchev–Trinajstić information content (AvgIpc) is 2.33. The zero-order chi connectivity index (χ0) is 13.1. The third-order valence-electron chi connectivity index (χ3n) is 2.22. The number of ether oxygens (including phenoxy) is 1. The topological polar surface area (TPSA) is 26.3 Å². The molecule has 0 aromatic heterocycles. The van der Waals surface area contributed by atoms with Gasteiger partial charge in [-0.2, -0.15) is 0 Å². The summed E-state index contributed by atoms with van der Waals surface area (Å²) in [4.78, 5) is 10.7. The Morgan fingerprint density at radius 1 is 1.11 bits per heavy atom. The average molecular weight is 346 g/mol. The molecule has 2 nitrogen and oxygen atoms in total. The maximum Gasteiger partial charge on any atom is 0.151 e. The molecule has 2 aromatic rings. The van der Waals surface area contributed by atoms with Gasteiger partial charge in [-0.3, -0.25) is 4.79 Å². The van der Waals surface area contributed by atoms with Gasteiger partial charge in [0.05, 0.1) is 5.02 Å². The Hall–Kier alpha value is -1.03. The van der Waals surface area contributed by atoms with E-state index in [-0.39, 0.29) is 0 Å². The Bertz CT molecular complexity index is 600.